The standard InChI is InChI=1S/C23H27N3O2/c1-15(18-8-6-17(14-24)7-9-18)25-21(27)16(2)26-22(28)19-10-12-20(13-11-19)23(3,4)5/h6-13,15-16H,1-5H3,(H,25,27)(H,26,28). The van der Waals surface area contributed by atoms with Crippen LogP contribution in [0, 0.1) is 11.3 Å². The first-order valence-electron chi connectivity index (χ1n) is 9.33. The fourth-order valence-electron chi connectivity index (χ4n) is 2.74. The number of carbonyl (C=O) groups is 2. The Balaban J connectivity index is 1.95. The summed E-state index contributed by atoms with van der Waals surface area (Å²) in [4.78, 5) is 24.8. The minimum Gasteiger partial charge on any atom is -0.348 e. The second-order valence-electron chi connectivity index (χ2n) is 7.99. The van der Waals surface area contributed by atoms with Gasteiger partial charge in [0.25, 0.3) is 5.91 Å². The molecule has 0 aromatic heterocycles. The molecule has 2 atom stereocenters. The number of nitrogens with zero attached hydrogens (tertiary/aromatic N) is 1. The lowest BCUT2D eigenvalue weighted by Crippen LogP contribution is -2.45. The number of hydrogen-bond acceptors (Lipinski definition) is 3. The van der Waals surface area contributed by atoms with Crippen LogP contribution in [0.4, 0.5) is 0 Å². The molecular weight excluding hydrogens is 350 g/mol. The van der Waals surface area contributed by atoms with Crippen LogP contribution in [0.15, 0.2) is 48.5 Å². The smallest absolute Gasteiger partial charge is 0.251 e. The maximum atomic E-state index is 12.4. The predicted molar refractivity (Wildman–Crippen MR) is 110 cm³/mol. The lowest BCUT2D eigenvalue weighted by atomic mass is 9.86. The molecule has 2 rings (SSSR count). The summed E-state index contributed by atoms with van der Waals surface area (Å²) in [6.07, 6.45) is 0. The lowest BCUT2D eigenvalue weighted by molar-refractivity contribution is -0.123. The van der Waals surface area contributed by atoms with Crippen LogP contribution in [-0.2, 0) is 10.2 Å². The van der Waals surface area contributed by atoms with Gasteiger partial charge < -0.3 is 10.6 Å². The van der Waals surface area contributed by atoms with Crippen LogP contribution in [0.3, 0.4) is 0 Å². The van der Waals surface area contributed by atoms with Crippen molar-refractivity contribution < 1.29 is 9.59 Å². The minimum absolute atomic E-state index is 0.0176. The molecule has 0 aliphatic rings. The second-order valence-corrected chi connectivity index (χ2v) is 7.99. The van der Waals surface area contributed by atoms with Crippen molar-refractivity contribution in [3.63, 3.8) is 0 Å². The molecule has 0 saturated heterocycles. The highest BCUT2D eigenvalue weighted by Crippen LogP contribution is 2.22. The van der Waals surface area contributed by atoms with Gasteiger partial charge in [-0.05, 0) is 54.7 Å². The Bertz CT molecular complexity index is 872. The van der Waals surface area contributed by atoms with Crippen molar-refractivity contribution in [2.75, 3.05) is 0 Å². The molecule has 2 N–H and O–H groups in total. The average molecular weight is 377 g/mol. The average Bonchev–Trinajstić information content (AvgIpc) is 2.67. The molecule has 0 radical (unpaired) electrons. The molecule has 28 heavy (non-hydrogen) atoms. The van der Waals surface area contributed by atoms with Crippen LogP contribution < -0.4 is 10.6 Å². The largest absolute Gasteiger partial charge is 0.348 e. The molecule has 5 heteroatoms. The fraction of sp³-hybridized carbons (Fsp3) is 0.348. The van der Waals surface area contributed by atoms with Crippen LogP contribution in [0.5, 0.6) is 0 Å². The number of nitrogens with one attached hydrogen (secondary N) is 2. The van der Waals surface area contributed by atoms with Gasteiger partial charge in [-0.2, -0.15) is 5.26 Å². The maximum absolute atomic E-state index is 12.4. The van der Waals surface area contributed by atoms with Crippen molar-refractivity contribution in [2.24, 2.45) is 0 Å². The van der Waals surface area contributed by atoms with Crippen molar-refractivity contribution in [3.05, 3.63) is 70.8 Å². The SMILES string of the molecule is CC(NC(=O)c1ccc(C(C)(C)C)cc1)C(=O)NC(C)c1ccc(C#N)cc1. The Hall–Kier alpha value is -3.13. The molecule has 2 aromatic carbocycles. The summed E-state index contributed by atoms with van der Waals surface area (Å²) in [7, 11) is 0. The number of amides is 2. The Labute approximate surface area is 166 Å². The molecule has 0 saturated carbocycles. The van der Waals surface area contributed by atoms with E-state index in [9.17, 15) is 9.59 Å². The first-order valence-corrected chi connectivity index (χ1v) is 9.33. The number of benzene rings is 2. The van der Waals surface area contributed by atoms with Crippen LogP contribution in [0.1, 0.15) is 67.7 Å². The number of rotatable bonds is 5. The van der Waals surface area contributed by atoms with Gasteiger partial charge in [-0.3, -0.25) is 9.59 Å². The second kappa shape index (κ2) is 8.71. The van der Waals surface area contributed by atoms with Crippen molar-refractivity contribution in [1.82, 2.24) is 10.6 Å². The minimum atomic E-state index is -0.671. The highest BCUT2D eigenvalue weighted by atomic mass is 16.2. The summed E-state index contributed by atoms with van der Waals surface area (Å²) in [6.45, 7) is 9.86. The van der Waals surface area contributed by atoms with Gasteiger partial charge in [-0.1, -0.05) is 45.0 Å². The number of carbonyl (C=O) groups excluding carboxylic acids is 2. The Kier molecular flexibility index (Phi) is 6.58. The van der Waals surface area contributed by atoms with Crippen molar-refractivity contribution in [1.29, 1.82) is 5.26 Å². The van der Waals surface area contributed by atoms with Gasteiger partial charge in [0, 0.05) is 5.56 Å². The maximum Gasteiger partial charge on any atom is 0.251 e. The molecule has 0 spiro atoms. The molecular formula is C23H27N3O2. The summed E-state index contributed by atoms with van der Waals surface area (Å²) in [5.41, 5.74) is 3.15. The Morgan fingerprint density at radius 3 is 2.00 bits per heavy atom. The van der Waals surface area contributed by atoms with E-state index >= 15 is 0 Å². The van der Waals surface area contributed by atoms with E-state index < -0.39 is 6.04 Å². The third-order valence-corrected chi connectivity index (χ3v) is 4.65. The number of hydrogen-bond donors (Lipinski definition) is 2. The molecule has 0 aliphatic carbocycles. The van der Waals surface area contributed by atoms with Crippen molar-refractivity contribution in [3.8, 4) is 6.07 Å². The molecule has 0 heterocycles. The van der Waals surface area contributed by atoms with Gasteiger partial charge in [-0.25, -0.2) is 0 Å². The van der Waals surface area contributed by atoms with Crippen molar-refractivity contribution in [2.45, 2.75) is 52.1 Å². The van der Waals surface area contributed by atoms with E-state index in [1.54, 1.807) is 31.2 Å². The first-order chi connectivity index (χ1) is 13.1. The van der Waals surface area contributed by atoms with Crippen LogP contribution >= 0.6 is 0 Å². The zero-order chi connectivity index (χ0) is 20.9. The fourth-order valence-corrected chi connectivity index (χ4v) is 2.74. The Morgan fingerprint density at radius 1 is 0.929 bits per heavy atom. The summed E-state index contributed by atoms with van der Waals surface area (Å²) in [6, 6.07) is 15.6. The molecule has 146 valence electrons. The molecule has 0 bridgehead atoms. The van der Waals surface area contributed by atoms with Gasteiger partial charge in [0.2, 0.25) is 5.91 Å². The third kappa shape index (κ3) is 5.43. The van der Waals surface area contributed by atoms with Gasteiger partial charge >= 0.3 is 0 Å². The van der Waals surface area contributed by atoms with E-state index in [0.29, 0.717) is 11.1 Å². The zero-order valence-corrected chi connectivity index (χ0v) is 17.0. The van der Waals surface area contributed by atoms with Gasteiger partial charge in [0.05, 0.1) is 17.7 Å². The monoisotopic (exact) mass is 377 g/mol. The molecule has 2 aromatic rings. The summed E-state index contributed by atoms with van der Waals surface area (Å²) in [5.74, 6) is -0.550. The van der Waals surface area contributed by atoms with E-state index in [2.05, 4.69) is 37.5 Å². The van der Waals surface area contributed by atoms with Gasteiger partial charge in [-0.15, -0.1) is 0 Å². The number of nitriles is 1. The van der Waals surface area contributed by atoms with E-state index in [4.69, 9.17) is 5.26 Å². The molecule has 0 aliphatic heterocycles. The van der Waals surface area contributed by atoms with Crippen molar-refractivity contribution >= 4 is 11.8 Å². The highest BCUT2D eigenvalue weighted by Gasteiger charge is 2.20. The van der Waals surface area contributed by atoms with Crippen LogP contribution in [-0.4, -0.2) is 17.9 Å². The van der Waals surface area contributed by atoms with Crippen LogP contribution in [0.2, 0.25) is 0 Å². The van der Waals surface area contributed by atoms with E-state index in [-0.39, 0.29) is 23.3 Å². The first kappa shape index (κ1) is 21.2. The Morgan fingerprint density at radius 2 is 1.50 bits per heavy atom. The topological polar surface area (TPSA) is 82.0 Å². The van der Waals surface area contributed by atoms with Gasteiger partial charge in [0.1, 0.15) is 6.04 Å². The van der Waals surface area contributed by atoms with Gasteiger partial charge in [0.15, 0.2) is 0 Å². The lowest BCUT2D eigenvalue weighted by Gasteiger charge is -2.20. The predicted octanol–water partition coefficient (Wildman–Crippen LogP) is 3.85. The summed E-state index contributed by atoms with van der Waals surface area (Å²) >= 11 is 0. The van der Waals surface area contributed by atoms with E-state index in [0.717, 1.165) is 11.1 Å². The molecule has 2 unspecified atom stereocenters. The quantitative estimate of drug-likeness (QED) is 0.830. The molecule has 2 amide bonds. The van der Waals surface area contributed by atoms with E-state index in [1.807, 2.05) is 31.2 Å². The normalized spacial score (nSPS) is 13.1. The van der Waals surface area contributed by atoms with E-state index in [1.165, 1.54) is 0 Å². The summed E-state index contributed by atoms with van der Waals surface area (Å²) < 4.78 is 0. The zero-order valence-electron chi connectivity index (χ0n) is 17.0. The molecule has 5 nitrogen and oxygen atoms in total. The van der Waals surface area contributed by atoms with Crippen LogP contribution in [0.25, 0.3) is 0 Å². The summed E-state index contributed by atoms with van der Waals surface area (Å²) in [5, 5.41) is 14.5. The third-order valence-electron chi connectivity index (χ3n) is 4.65. The molecule has 0 fully saturated rings. The highest BCUT2D eigenvalue weighted by molar-refractivity contribution is 5.97.